The number of carbonyl (C=O) groups is 2. The minimum atomic E-state index is -0.171. The molecule has 3 rings (SSSR count). The fourth-order valence-corrected chi connectivity index (χ4v) is 3.47. The largest absolute Gasteiger partial charge is 0.507 e. The molecular weight excluding hydrogens is 374 g/mol. The summed E-state index contributed by atoms with van der Waals surface area (Å²) in [5, 5.41) is 19.0. The van der Waals surface area contributed by atoms with Crippen molar-refractivity contribution in [2.45, 2.75) is 18.9 Å². The van der Waals surface area contributed by atoms with Gasteiger partial charge in [0.1, 0.15) is 11.5 Å². The van der Waals surface area contributed by atoms with E-state index < -0.39 is 0 Å². The average Bonchev–Trinajstić information content (AvgIpc) is 2.74. The topological polar surface area (TPSA) is 96.3 Å². The molecule has 0 spiro atoms. The number of phenolic OH excluding ortho intramolecular Hbond substituents is 1. The van der Waals surface area contributed by atoms with Crippen LogP contribution in [0.4, 0.5) is 0 Å². The predicted octanol–water partition coefficient (Wildman–Crippen LogP) is 2.05. The van der Waals surface area contributed by atoms with Gasteiger partial charge in [0.05, 0.1) is 31.4 Å². The quantitative estimate of drug-likeness (QED) is 0.660. The first-order valence-electron chi connectivity index (χ1n) is 9.63. The van der Waals surface area contributed by atoms with Crippen LogP contribution >= 0.6 is 0 Å². The highest BCUT2D eigenvalue weighted by Crippen LogP contribution is 2.26. The van der Waals surface area contributed by atoms with Crippen molar-refractivity contribution in [2.24, 2.45) is 0 Å². The Labute approximate surface area is 169 Å². The number of ether oxygens (including phenoxy) is 2. The zero-order valence-electron chi connectivity index (χ0n) is 16.1. The van der Waals surface area contributed by atoms with E-state index in [1.165, 1.54) is 6.07 Å². The molecule has 1 aliphatic rings. The number of aliphatic hydroxyl groups is 1. The van der Waals surface area contributed by atoms with Crippen LogP contribution in [0.1, 0.15) is 32.7 Å². The van der Waals surface area contributed by atoms with E-state index in [1.54, 1.807) is 23.1 Å². The van der Waals surface area contributed by atoms with E-state index in [1.807, 2.05) is 18.2 Å². The first kappa shape index (κ1) is 20.8. The molecule has 0 unspecified atom stereocenters. The summed E-state index contributed by atoms with van der Waals surface area (Å²) in [6.45, 7) is 1.58. The van der Waals surface area contributed by atoms with Crippen molar-refractivity contribution < 1.29 is 29.3 Å². The first-order valence-corrected chi connectivity index (χ1v) is 9.63. The molecule has 1 aliphatic heterocycles. The van der Waals surface area contributed by atoms with E-state index in [-0.39, 0.29) is 36.5 Å². The van der Waals surface area contributed by atoms with E-state index in [9.17, 15) is 19.8 Å². The molecule has 0 aliphatic carbocycles. The summed E-state index contributed by atoms with van der Waals surface area (Å²) < 4.78 is 11.2. The molecule has 0 bridgehead atoms. The van der Waals surface area contributed by atoms with Gasteiger partial charge in [-0.3, -0.25) is 9.59 Å². The molecule has 7 nitrogen and oxygen atoms in total. The number of rotatable bonds is 8. The van der Waals surface area contributed by atoms with Crippen molar-refractivity contribution in [1.29, 1.82) is 0 Å². The highest BCUT2D eigenvalue weighted by atomic mass is 16.5. The number of hydrogen-bond acceptors (Lipinski definition) is 6. The lowest BCUT2D eigenvalue weighted by atomic mass is 10.0. The SMILES string of the molecule is O=Cc1c(O)cccc1OCC[C@@H]1COCCN1C(=O)c1ccccc1CCO. The zero-order valence-corrected chi connectivity index (χ0v) is 16.1. The van der Waals surface area contributed by atoms with Gasteiger partial charge in [0.2, 0.25) is 0 Å². The molecule has 2 aromatic rings. The van der Waals surface area contributed by atoms with Crippen LogP contribution in [-0.4, -0.2) is 66.3 Å². The summed E-state index contributed by atoms with van der Waals surface area (Å²) in [7, 11) is 0. The van der Waals surface area contributed by atoms with Gasteiger partial charge in [-0.15, -0.1) is 0 Å². The van der Waals surface area contributed by atoms with Crippen molar-refractivity contribution in [3.05, 3.63) is 59.2 Å². The summed E-state index contributed by atoms with van der Waals surface area (Å²) >= 11 is 0. The minimum Gasteiger partial charge on any atom is -0.507 e. The third-order valence-electron chi connectivity index (χ3n) is 4.99. The molecule has 0 saturated carbocycles. The van der Waals surface area contributed by atoms with Crippen LogP contribution in [0.3, 0.4) is 0 Å². The Morgan fingerprint density at radius 2 is 2.07 bits per heavy atom. The standard InChI is InChI=1S/C22H25NO6/c24-11-8-16-4-1-2-5-18(16)22(27)23-10-13-28-15-17(23)9-12-29-21-7-3-6-20(26)19(21)14-25/h1-7,14,17,24,26H,8-13,15H2/t17-/m1/s1. The second-order valence-electron chi connectivity index (χ2n) is 6.80. The molecule has 7 heteroatoms. The Hall–Kier alpha value is -2.90. The second-order valence-corrected chi connectivity index (χ2v) is 6.80. The summed E-state index contributed by atoms with van der Waals surface area (Å²) in [4.78, 5) is 26.1. The smallest absolute Gasteiger partial charge is 0.254 e. The van der Waals surface area contributed by atoms with E-state index in [0.717, 1.165) is 5.56 Å². The molecule has 1 atom stereocenters. The van der Waals surface area contributed by atoms with E-state index >= 15 is 0 Å². The van der Waals surface area contributed by atoms with Crippen LogP contribution in [0.2, 0.25) is 0 Å². The average molecular weight is 399 g/mol. The summed E-state index contributed by atoms with van der Waals surface area (Å²) in [5.41, 5.74) is 1.51. The van der Waals surface area contributed by atoms with Crippen LogP contribution in [0, 0.1) is 0 Å². The lowest BCUT2D eigenvalue weighted by molar-refractivity contribution is -0.00749. The summed E-state index contributed by atoms with van der Waals surface area (Å²) in [6.07, 6.45) is 1.50. The molecule has 0 aromatic heterocycles. The molecule has 2 aromatic carbocycles. The monoisotopic (exact) mass is 399 g/mol. The molecule has 1 heterocycles. The number of aldehydes is 1. The lowest BCUT2D eigenvalue weighted by Gasteiger charge is -2.36. The zero-order chi connectivity index (χ0) is 20.6. The van der Waals surface area contributed by atoms with E-state index in [4.69, 9.17) is 9.47 Å². The van der Waals surface area contributed by atoms with Crippen molar-refractivity contribution in [3.8, 4) is 11.5 Å². The van der Waals surface area contributed by atoms with Crippen LogP contribution in [0.15, 0.2) is 42.5 Å². The first-order chi connectivity index (χ1) is 14.2. The molecule has 2 N–H and O–H groups in total. The number of hydrogen-bond donors (Lipinski definition) is 2. The molecule has 1 fully saturated rings. The van der Waals surface area contributed by atoms with Crippen molar-refractivity contribution in [1.82, 2.24) is 4.90 Å². The highest BCUT2D eigenvalue weighted by Gasteiger charge is 2.29. The van der Waals surface area contributed by atoms with Crippen LogP contribution in [-0.2, 0) is 11.2 Å². The number of benzene rings is 2. The van der Waals surface area contributed by atoms with Crippen LogP contribution in [0.25, 0.3) is 0 Å². The van der Waals surface area contributed by atoms with E-state index in [0.29, 0.717) is 50.2 Å². The third-order valence-corrected chi connectivity index (χ3v) is 4.99. The molecular formula is C22H25NO6. The summed E-state index contributed by atoms with van der Waals surface area (Å²) in [5.74, 6) is 0.0898. The van der Waals surface area contributed by atoms with Gasteiger partial charge in [-0.1, -0.05) is 24.3 Å². The number of phenols is 1. The van der Waals surface area contributed by atoms with Gasteiger partial charge in [-0.25, -0.2) is 0 Å². The van der Waals surface area contributed by atoms with Crippen molar-refractivity contribution >= 4 is 12.2 Å². The Bertz CT molecular complexity index is 853. The van der Waals surface area contributed by atoms with Gasteiger partial charge < -0.3 is 24.6 Å². The number of amides is 1. The van der Waals surface area contributed by atoms with Gasteiger partial charge in [0.15, 0.2) is 6.29 Å². The van der Waals surface area contributed by atoms with E-state index in [2.05, 4.69) is 0 Å². The van der Waals surface area contributed by atoms with Crippen LogP contribution < -0.4 is 4.74 Å². The molecule has 0 radical (unpaired) electrons. The Balaban J connectivity index is 1.68. The number of nitrogens with zero attached hydrogens (tertiary/aromatic N) is 1. The molecule has 154 valence electrons. The molecule has 1 saturated heterocycles. The summed E-state index contributed by atoms with van der Waals surface area (Å²) in [6, 6.07) is 11.8. The van der Waals surface area contributed by atoms with Gasteiger partial charge in [0, 0.05) is 25.1 Å². The third kappa shape index (κ3) is 4.93. The maximum Gasteiger partial charge on any atom is 0.254 e. The Kier molecular flexibility index (Phi) is 7.21. The van der Waals surface area contributed by atoms with Gasteiger partial charge in [0.25, 0.3) is 5.91 Å². The van der Waals surface area contributed by atoms with Crippen molar-refractivity contribution in [2.75, 3.05) is 33.0 Å². The normalized spacial score (nSPS) is 16.4. The maximum atomic E-state index is 13.2. The van der Waals surface area contributed by atoms with Crippen molar-refractivity contribution in [3.63, 3.8) is 0 Å². The van der Waals surface area contributed by atoms with Crippen LogP contribution in [0.5, 0.6) is 11.5 Å². The Morgan fingerprint density at radius 3 is 2.86 bits per heavy atom. The number of aromatic hydroxyl groups is 1. The fraction of sp³-hybridized carbons (Fsp3) is 0.364. The molecule has 29 heavy (non-hydrogen) atoms. The fourth-order valence-electron chi connectivity index (χ4n) is 3.47. The number of carbonyl (C=O) groups excluding carboxylic acids is 2. The molecule has 1 amide bonds. The van der Waals surface area contributed by atoms with Gasteiger partial charge in [-0.2, -0.15) is 0 Å². The number of aliphatic hydroxyl groups excluding tert-OH is 1. The minimum absolute atomic E-state index is 0.0202. The predicted molar refractivity (Wildman–Crippen MR) is 106 cm³/mol. The Morgan fingerprint density at radius 1 is 1.24 bits per heavy atom. The van der Waals surface area contributed by atoms with Gasteiger partial charge >= 0.3 is 0 Å². The maximum absolute atomic E-state index is 13.2. The lowest BCUT2D eigenvalue weighted by Crippen LogP contribution is -2.49. The number of morpholine rings is 1. The highest BCUT2D eigenvalue weighted by molar-refractivity contribution is 5.96. The van der Waals surface area contributed by atoms with Gasteiger partial charge in [-0.05, 0) is 30.2 Å². The second kappa shape index (κ2) is 10.0.